The maximum absolute atomic E-state index is 12.3. The van der Waals surface area contributed by atoms with E-state index in [0.29, 0.717) is 27.9 Å². The molecule has 30 heavy (non-hydrogen) atoms. The summed E-state index contributed by atoms with van der Waals surface area (Å²) in [4.78, 5) is 4.25. The van der Waals surface area contributed by atoms with E-state index >= 15 is 0 Å². The van der Waals surface area contributed by atoms with Gasteiger partial charge in [0.15, 0.2) is 0 Å². The first-order chi connectivity index (χ1) is 14.0. The van der Waals surface area contributed by atoms with E-state index in [0.717, 1.165) is 24.3 Å². The molecule has 0 amide bonds. The van der Waals surface area contributed by atoms with Crippen LogP contribution in [0, 0.1) is 0 Å². The van der Waals surface area contributed by atoms with Crippen LogP contribution in [0.2, 0.25) is 0 Å². The minimum absolute atomic E-state index is 0.325. The first-order valence-electron chi connectivity index (χ1n) is 8.36. The maximum Gasteiger partial charge on any atom is 0.573 e. The fourth-order valence-corrected chi connectivity index (χ4v) is 2.70. The molecular weight excluding hydrogens is 416 g/mol. The molecule has 0 saturated heterocycles. The molecule has 158 valence electrons. The molecule has 3 rings (SSSR count). The lowest BCUT2D eigenvalue weighted by Gasteiger charge is -2.13. The van der Waals surface area contributed by atoms with Crippen molar-refractivity contribution < 1.29 is 40.9 Å². The van der Waals surface area contributed by atoms with Gasteiger partial charge in [0.1, 0.15) is 11.5 Å². The summed E-state index contributed by atoms with van der Waals surface area (Å²) in [5.41, 5.74) is 2.18. The van der Waals surface area contributed by atoms with Gasteiger partial charge in [0.2, 0.25) is 0 Å². The van der Waals surface area contributed by atoms with E-state index in [1.807, 2.05) is 0 Å². The number of aliphatic hydroxyl groups is 1. The van der Waals surface area contributed by atoms with Gasteiger partial charge in [-0.05, 0) is 53.6 Å². The van der Waals surface area contributed by atoms with Gasteiger partial charge >= 0.3 is 12.7 Å². The molecule has 0 radical (unpaired) electrons. The van der Waals surface area contributed by atoms with Crippen LogP contribution in [0.15, 0.2) is 60.8 Å². The van der Waals surface area contributed by atoms with Gasteiger partial charge in [-0.15, -0.1) is 26.3 Å². The van der Waals surface area contributed by atoms with Crippen LogP contribution in [0.4, 0.5) is 26.3 Å². The van der Waals surface area contributed by atoms with Crippen LogP contribution >= 0.6 is 0 Å². The van der Waals surface area contributed by atoms with Gasteiger partial charge in [-0.3, -0.25) is 4.98 Å². The fourth-order valence-electron chi connectivity index (χ4n) is 2.70. The molecule has 4 nitrogen and oxygen atoms in total. The van der Waals surface area contributed by atoms with Crippen LogP contribution < -0.4 is 9.47 Å². The molecule has 3 aromatic rings. The average molecular weight is 429 g/mol. The van der Waals surface area contributed by atoms with Crippen molar-refractivity contribution >= 4 is 0 Å². The molecule has 2 aromatic carbocycles. The van der Waals surface area contributed by atoms with Crippen molar-refractivity contribution in [1.82, 2.24) is 4.98 Å². The number of halogens is 6. The third-order valence-corrected chi connectivity index (χ3v) is 3.89. The van der Waals surface area contributed by atoms with Gasteiger partial charge in [0, 0.05) is 17.3 Å². The van der Waals surface area contributed by atoms with Gasteiger partial charge in [-0.25, -0.2) is 0 Å². The van der Waals surface area contributed by atoms with E-state index in [4.69, 9.17) is 0 Å². The van der Waals surface area contributed by atoms with Crippen molar-refractivity contribution in [1.29, 1.82) is 0 Å². The Morgan fingerprint density at radius 3 is 1.63 bits per heavy atom. The molecule has 0 spiro atoms. The number of benzene rings is 2. The van der Waals surface area contributed by atoms with Gasteiger partial charge in [0.25, 0.3) is 0 Å². The number of ether oxygens (including phenoxy) is 2. The van der Waals surface area contributed by atoms with E-state index < -0.39 is 24.2 Å². The zero-order valence-corrected chi connectivity index (χ0v) is 15.0. The summed E-state index contributed by atoms with van der Waals surface area (Å²) in [5.74, 6) is -0.818. The number of nitrogens with zero attached hydrogens (tertiary/aromatic N) is 1. The summed E-state index contributed by atoms with van der Waals surface area (Å²) in [6, 6.07) is 11.6. The molecule has 0 aliphatic heterocycles. The third-order valence-electron chi connectivity index (χ3n) is 3.89. The highest BCUT2D eigenvalue weighted by atomic mass is 19.4. The number of rotatable bonds is 5. The Bertz CT molecular complexity index is 999. The lowest BCUT2D eigenvalue weighted by atomic mass is 9.98. The maximum atomic E-state index is 12.3. The average Bonchev–Trinajstić information content (AvgIpc) is 2.66. The number of aliphatic hydroxyl groups excluding tert-OH is 1. The van der Waals surface area contributed by atoms with E-state index in [9.17, 15) is 31.4 Å². The van der Waals surface area contributed by atoms with Crippen LogP contribution in [0.1, 0.15) is 5.56 Å². The standard InChI is InChI=1S/C20H13F6NO3/c21-19(22,23)29-15-5-1-13(2-6-15)17-9-12(11-28)10-27-18(17)14-3-7-16(8-4-14)30-20(24,25)26/h1-10,28H,11H2. The molecule has 1 aromatic heterocycles. The molecular formula is C20H13F6NO3. The number of hydrogen-bond donors (Lipinski definition) is 1. The van der Waals surface area contributed by atoms with E-state index in [-0.39, 0.29) is 6.61 Å². The minimum atomic E-state index is -4.83. The summed E-state index contributed by atoms with van der Waals surface area (Å²) in [6.45, 7) is -0.325. The molecule has 0 aliphatic rings. The molecule has 0 fully saturated rings. The Hall–Kier alpha value is -3.27. The lowest BCUT2D eigenvalue weighted by molar-refractivity contribution is -0.275. The highest BCUT2D eigenvalue weighted by Crippen LogP contribution is 2.34. The van der Waals surface area contributed by atoms with Crippen LogP contribution in [0.25, 0.3) is 22.4 Å². The van der Waals surface area contributed by atoms with Crippen LogP contribution in [0.3, 0.4) is 0 Å². The van der Waals surface area contributed by atoms with Crippen molar-refractivity contribution in [2.24, 2.45) is 0 Å². The van der Waals surface area contributed by atoms with Crippen LogP contribution in [0.5, 0.6) is 11.5 Å². The van der Waals surface area contributed by atoms with E-state index in [2.05, 4.69) is 14.5 Å². The lowest BCUT2D eigenvalue weighted by Crippen LogP contribution is -2.17. The first kappa shape index (κ1) is 21.4. The summed E-state index contributed by atoms with van der Waals surface area (Å²) in [5, 5.41) is 9.38. The second kappa shape index (κ2) is 8.23. The highest BCUT2D eigenvalue weighted by molar-refractivity contribution is 5.81. The van der Waals surface area contributed by atoms with Crippen LogP contribution in [-0.4, -0.2) is 22.8 Å². The summed E-state index contributed by atoms with van der Waals surface area (Å²) in [7, 11) is 0. The van der Waals surface area contributed by atoms with Gasteiger partial charge < -0.3 is 14.6 Å². The Balaban J connectivity index is 1.97. The molecule has 10 heteroatoms. The summed E-state index contributed by atoms with van der Waals surface area (Å²) in [6.07, 6.45) is -8.26. The van der Waals surface area contributed by atoms with Crippen molar-refractivity contribution in [3.8, 4) is 33.9 Å². The quantitative estimate of drug-likeness (QED) is 0.529. The molecule has 0 bridgehead atoms. The Kier molecular flexibility index (Phi) is 5.88. The summed E-state index contributed by atoms with van der Waals surface area (Å²) < 4.78 is 81.7. The predicted octanol–water partition coefficient (Wildman–Crippen LogP) is 5.71. The van der Waals surface area contributed by atoms with Crippen molar-refractivity contribution in [2.75, 3.05) is 0 Å². The van der Waals surface area contributed by atoms with Gasteiger partial charge in [-0.1, -0.05) is 12.1 Å². The monoisotopic (exact) mass is 429 g/mol. The van der Waals surface area contributed by atoms with Gasteiger partial charge in [0.05, 0.1) is 12.3 Å². The zero-order valence-electron chi connectivity index (χ0n) is 15.0. The molecule has 0 aliphatic carbocycles. The Labute approximate surface area is 166 Å². The Morgan fingerprint density at radius 1 is 0.733 bits per heavy atom. The molecule has 0 saturated carbocycles. The molecule has 1 heterocycles. The summed E-state index contributed by atoms with van der Waals surface area (Å²) >= 11 is 0. The number of hydrogen-bond acceptors (Lipinski definition) is 4. The number of pyridine rings is 1. The third kappa shape index (κ3) is 5.63. The second-order valence-corrected chi connectivity index (χ2v) is 6.04. The Morgan fingerprint density at radius 2 is 1.20 bits per heavy atom. The minimum Gasteiger partial charge on any atom is -0.406 e. The topological polar surface area (TPSA) is 51.6 Å². The van der Waals surface area contributed by atoms with Crippen LogP contribution in [-0.2, 0) is 6.61 Å². The highest BCUT2D eigenvalue weighted by Gasteiger charge is 2.31. The number of aromatic nitrogens is 1. The molecule has 1 N–H and O–H groups in total. The van der Waals surface area contributed by atoms with Crippen molar-refractivity contribution in [2.45, 2.75) is 19.3 Å². The van der Waals surface area contributed by atoms with E-state index in [1.54, 1.807) is 6.07 Å². The first-order valence-corrected chi connectivity index (χ1v) is 8.36. The smallest absolute Gasteiger partial charge is 0.406 e. The molecule has 0 unspecified atom stereocenters. The predicted molar refractivity (Wildman–Crippen MR) is 94.4 cm³/mol. The number of alkyl halides is 6. The second-order valence-electron chi connectivity index (χ2n) is 6.04. The van der Waals surface area contributed by atoms with Gasteiger partial charge in [-0.2, -0.15) is 0 Å². The normalized spacial score (nSPS) is 12.0. The molecule has 0 atom stereocenters. The van der Waals surface area contributed by atoms with E-state index in [1.165, 1.54) is 30.5 Å². The van der Waals surface area contributed by atoms with Crippen molar-refractivity contribution in [3.63, 3.8) is 0 Å². The SMILES string of the molecule is OCc1cnc(-c2ccc(OC(F)(F)F)cc2)c(-c2ccc(OC(F)(F)F)cc2)c1. The largest absolute Gasteiger partial charge is 0.573 e. The van der Waals surface area contributed by atoms with Crippen molar-refractivity contribution in [3.05, 3.63) is 66.4 Å². The zero-order chi connectivity index (χ0) is 21.9. The fraction of sp³-hybridized carbons (Fsp3) is 0.150.